The Morgan fingerprint density at radius 1 is 0.643 bits per heavy atom. The van der Waals surface area contributed by atoms with E-state index in [-0.39, 0.29) is 12.8 Å². The molecule has 0 heterocycles. The van der Waals surface area contributed by atoms with Gasteiger partial charge in [0, 0.05) is 19.3 Å². The molecule has 0 fully saturated rings. The average molecular weight is 567 g/mol. The van der Waals surface area contributed by atoms with Gasteiger partial charge in [0.25, 0.3) is 0 Å². The van der Waals surface area contributed by atoms with Crippen LogP contribution in [0.2, 0.25) is 0 Å². The minimum absolute atomic E-state index is 0.0281. The van der Waals surface area contributed by atoms with Gasteiger partial charge in [0.2, 0.25) is 0 Å². The van der Waals surface area contributed by atoms with Gasteiger partial charge in [0.05, 0.1) is 0 Å². The zero-order valence-corrected chi connectivity index (χ0v) is 23.7. The van der Waals surface area contributed by atoms with Crippen LogP contribution in [0.1, 0.15) is 46.2 Å². The van der Waals surface area contributed by atoms with Gasteiger partial charge in [-0.2, -0.15) is 0 Å². The number of carboxylic acid groups (broad SMARTS) is 3. The molecule has 42 heavy (non-hydrogen) atoms. The van der Waals surface area contributed by atoms with Crippen LogP contribution in [-0.2, 0) is 33.6 Å². The highest BCUT2D eigenvalue weighted by Crippen LogP contribution is 2.37. The van der Waals surface area contributed by atoms with Crippen LogP contribution >= 0.6 is 0 Å². The van der Waals surface area contributed by atoms with Crippen LogP contribution in [-0.4, -0.2) is 39.8 Å². The van der Waals surface area contributed by atoms with Crippen molar-refractivity contribution in [1.82, 2.24) is 0 Å². The summed E-state index contributed by atoms with van der Waals surface area (Å²) in [5.41, 5.74) is 9.53. The molecule has 4 aromatic rings. The highest BCUT2D eigenvalue weighted by Gasteiger charge is 2.17. The number of rotatable bonds is 13. The Hall–Kier alpha value is -4.91. The van der Waals surface area contributed by atoms with Crippen molar-refractivity contribution in [2.75, 3.05) is 6.61 Å². The van der Waals surface area contributed by atoms with Crippen molar-refractivity contribution in [3.63, 3.8) is 0 Å². The van der Waals surface area contributed by atoms with Gasteiger partial charge in [-0.1, -0.05) is 66.7 Å². The summed E-state index contributed by atoms with van der Waals surface area (Å²) in [4.78, 5) is 33.8. The molecule has 0 bridgehead atoms. The fourth-order valence-corrected chi connectivity index (χ4v) is 5.29. The summed E-state index contributed by atoms with van der Waals surface area (Å²) in [6.07, 6.45) is 1.37. The standard InChI is InChI=1S/C35H34O7/c1-22-16-25(9-14-32(36)37)8-12-30(22)28-17-23(2)35(27(19-28)11-15-33(38)39)26-10-13-31(42-21-34(40)41)29(20-26)18-24-6-4-3-5-7-24/h3-8,10,12-13,16-17,19-20H,9,11,14-15,18,21H2,1-2H3,(H,36,37)(H,38,39)(H,40,41). The van der Waals surface area contributed by atoms with Gasteiger partial charge >= 0.3 is 17.9 Å². The zero-order valence-electron chi connectivity index (χ0n) is 23.7. The molecule has 0 spiro atoms. The summed E-state index contributed by atoms with van der Waals surface area (Å²) >= 11 is 0. The van der Waals surface area contributed by atoms with Crippen molar-refractivity contribution in [1.29, 1.82) is 0 Å². The molecule has 0 aromatic heterocycles. The number of hydrogen-bond donors (Lipinski definition) is 3. The van der Waals surface area contributed by atoms with Gasteiger partial charge in [-0.05, 0) is 94.5 Å². The molecule has 0 saturated heterocycles. The molecule has 7 nitrogen and oxygen atoms in total. The van der Waals surface area contributed by atoms with E-state index in [2.05, 4.69) is 6.07 Å². The van der Waals surface area contributed by atoms with Crippen LogP contribution in [0.3, 0.4) is 0 Å². The Morgan fingerprint density at radius 2 is 1.33 bits per heavy atom. The summed E-state index contributed by atoms with van der Waals surface area (Å²) in [5.74, 6) is -2.29. The Bertz CT molecular complexity index is 1610. The molecule has 4 aromatic carbocycles. The minimum Gasteiger partial charge on any atom is -0.482 e. The predicted molar refractivity (Wildman–Crippen MR) is 161 cm³/mol. The van der Waals surface area contributed by atoms with Gasteiger partial charge in [-0.3, -0.25) is 9.59 Å². The molecule has 7 heteroatoms. The van der Waals surface area contributed by atoms with Crippen LogP contribution in [0.4, 0.5) is 0 Å². The molecule has 4 rings (SSSR count). The van der Waals surface area contributed by atoms with E-state index in [9.17, 15) is 24.6 Å². The van der Waals surface area contributed by atoms with E-state index in [1.165, 1.54) is 0 Å². The molecular weight excluding hydrogens is 532 g/mol. The molecular formula is C35H34O7. The summed E-state index contributed by atoms with van der Waals surface area (Å²) in [7, 11) is 0. The van der Waals surface area contributed by atoms with Gasteiger partial charge in [-0.25, -0.2) is 4.79 Å². The number of aliphatic carboxylic acids is 3. The second-order valence-corrected chi connectivity index (χ2v) is 10.4. The van der Waals surface area contributed by atoms with E-state index in [0.717, 1.165) is 55.6 Å². The van der Waals surface area contributed by atoms with Crippen LogP contribution < -0.4 is 4.74 Å². The minimum atomic E-state index is -1.06. The first-order valence-electron chi connectivity index (χ1n) is 13.8. The van der Waals surface area contributed by atoms with E-state index in [1.54, 1.807) is 6.07 Å². The van der Waals surface area contributed by atoms with Gasteiger partial charge < -0.3 is 20.1 Å². The maximum Gasteiger partial charge on any atom is 0.341 e. The first-order chi connectivity index (χ1) is 20.1. The number of carbonyl (C=O) groups is 3. The Kier molecular flexibility index (Phi) is 9.76. The second kappa shape index (κ2) is 13.6. The second-order valence-electron chi connectivity index (χ2n) is 10.4. The number of benzene rings is 4. The molecule has 0 aliphatic rings. The fraction of sp³-hybridized carbons (Fsp3) is 0.229. The summed E-state index contributed by atoms with van der Waals surface area (Å²) in [6.45, 7) is 3.55. The van der Waals surface area contributed by atoms with Crippen LogP contribution in [0.25, 0.3) is 22.3 Å². The third-order valence-electron chi connectivity index (χ3n) is 7.19. The van der Waals surface area contributed by atoms with Crippen molar-refractivity contribution >= 4 is 17.9 Å². The highest BCUT2D eigenvalue weighted by molar-refractivity contribution is 5.80. The summed E-state index contributed by atoms with van der Waals surface area (Å²) in [6, 6.07) is 25.6. The maximum atomic E-state index is 11.6. The molecule has 0 saturated carbocycles. The summed E-state index contributed by atoms with van der Waals surface area (Å²) < 4.78 is 5.62. The number of ether oxygens (including phenoxy) is 1. The number of carboxylic acids is 3. The fourth-order valence-electron chi connectivity index (χ4n) is 5.29. The van der Waals surface area contributed by atoms with Crippen molar-refractivity contribution < 1.29 is 34.4 Å². The van der Waals surface area contributed by atoms with Crippen molar-refractivity contribution in [3.8, 4) is 28.0 Å². The SMILES string of the molecule is Cc1cc(CCC(=O)O)ccc1-c1cc(C)c(-c2ccc(OCC(=O)O)c(Cc3ccccc3)c2)c(CCC(=O)O)c1. The van der Waals surface area contributed by atoms with E-state index < -0.39 is 24.5 Å². The number of aryl methyl sites for hydroxylation is 4. The first kappa shape index (κ1) is 30.1. The zero-order chi connectivity index (χ0) is 30.2. The van der Waals surface area contributed by atoms with Crippen molar-refractivity contribution in [2.45, 2.75) is 46.0 Å². The summed E-state index contributed by atoms with van der Waals surface area (Å²) in [5, 5.41) is 27.7. The molecule has 0 atom stereocenters. The van der Waals surface area contributed by atoms with E-state index in [1.807, 2.05) is 80.6 Å². The Balaban J connectivity index is 1.78. The third kappa shape index (κ3) is 7.85. The lowest BCUT2D eigenvalue weighted by Crippen LogP contribution is -2.11. The lowest BCUT2D eigenvalue weighted by molar-refractivity contribution is -0.139. The maximum absolute atomic E-state index is 11.6. The molecule has 0 amide bonds. The molecule has 0 aliphatic heterocycles. The lowest BCUT2D eigenvalue weighted by Gasteiger charge is -2.19. The van der Waals surface area contributed by atoms with Crippen LogP contribution in [0, 0.1) is 13.8 Å². The average Bonchev–Trinajstić information content (AvgIpc) is 2.94. The quantitative estimate of drug-likeness (QED) is 0.164. The molecule has 216 valence electrons. The largest absolute Gasteiger partial charge is 0.482 e. The van der Waals surface area contributed by atoms with E-state index in [4.69, 9.17) is 9.84 Å². The third-order valence-corrected chi connectivity index (χ3v) is 7.19. The van der Waals surface area contributed by atoms with Crippen molar-refractivity contribution in [2.24, 2.45) is 0 Å². The number of hydrogen-bond acceptors (Lipinski definition) is 4. The molecule has 0 unspecified atom stereocenters. The Morgan fingerprint density at radius 3 is 2.00 bits per heavy atom. The smallest absolute Gasteiger partial charge is 0.341 e. The molecule has 0 aliphatic carbocycles. The highest BCUT2D eigenvalue weighted by atomic mass is 16.5. The molecule has 0 radical (unpaired) electrons. The predicted octanol–water partition coefficient (Wildman–Crippen LogP) is 6.73. The topological polar surface area (TPSA) is 121 Å². The molecule has 3 N–H and O–H groups in total. The monoisotopic (exact) mass is 566 g/mol. The van der Waals surface area contributed by atoms with E-state index >= 15 is 0 Å². The van der Waals surface area contributed by atoms with Crippen LogP contribution in [0.5, 0.6) is 5.75 Å². The first-order valence-corrected chi connectivity index (χ1v) is 13.8. The van der Waals surface area contributed by atoms with Gasteiger partial charge in [-0.15, -0.1) is 0 Å². The van der Waals surface area contributed by atoms with Crippen LogP contribution in [0.15, 0.2) is 78.9 Å². The van der Waals surface area contributed by atoms with Gasteiger partial charge in [0.15, 0.2) is 6.61 Å². The van der Waals surface area contributed by atoms with Crippen molar-refractivity contribution in [3.05, 3.63) is 112 Å². The van der Waals surface area contributed by atoms with Gasteiger partial charge in [0.1, 0.15) is 5.75 Å². The Labute approximate surface area is 245 Å². The lowest BCUT2D eigenvalue weighted by atomic mass is 9.86. The van der Waals surface area contributed by atoms with E-state index in [0.29, 0.717) is 25.0 Å². The normalized spacial score (nSPS) is 10.8.